The average molecular weight is 336 g/mol. The molecule has 1 aromatic heterocycles. The molecule has 5 heteroatoms. The third-order valence-electron chi connectivity index (χ3n) is 4.21. The van der Waals surface area contributed by atoms with E-state index in [0.717, 1.165) is 5.56 Å². The summed E-state index contributed by atoms with van der Waals surface area (Å²) in [5.41, 5.74) is 2.99. The van der Waals surface area contributed by atoms with Crippen LogP contribution >= 0.6 is 0 Å². The van der Waals surface area contributed by atoms with E-state index >= 15 is 0 Å². The van der Waals surface area contributed by atoms with Crippen LogP contribution in [0, 0.1) is 6.92 Å². The second kappa shape index (κ2) is 6.89. The van der Waals surface area contributed by atoms with Gasteiger partial charge in [0.15, 0.2) is 0 Å². The normalized spacial score (nSPS) is 12.1. The van der Waals surface area contributed by atoms with Gasteiger partial charge in [0.25, 0.3) is 5.56 Å². The van der Waals surface area contributed by atoms with Crippen molar-refractivity contribution in [2.24, 2.45) is 0 Å². The number of aromatic nitrogens is 2. The van der Waals surface area contributed by atoms with Gasteiger partial charge in [0.2, 0.25) is 0 Å². The molecule has 5 nitrogen and oxygen atoms in total. The maximum absolute atomic E-state index is 12.5. The third-order valence-corrected chi connectivity index (χ3v) is 4.21. The molecule has 0 saturated heterocycles. The Labute approximate surface area is 145 Å². The molecule has 1 heterocycles. The fourth-order valence-corrected chi connectivity index (χ4v) is 2.84. The summed E-state index contributed by atoms with van der Waals surface area (Å²) in [5.74, 6) is -0.410. The van der Waals surface area contributed by atoms with Crippen molar-refractivity contribution >= 4 is 17.0 Å². The van der Waals surface area contributed by atoms with Gasteiger partial charge in [0.05, 0.1) is 16.6 Å². The summed E-state index contributed by atoms with van der Waals surface area (Å²) in [6, 6.07) is 14.7. The smallest absolute Gasteiger partial charge is 0.338 e. The minimum absolute atomic E-state index is 0.108. The zero-order chi connectivity index (χ0) is 18.0. The van der Waals surface area contributed by atoms with E-state index < -0.39 is 5.97 Å². The van der Waals surface area contributed by atoms with Gasteiger partial charge >= 0.3 is 5.97 Å². The first kappa shape index (κ1) is 16.9. The molecular weight excluding hydrogens is 316 g/mol. The molecule has 3 rings (SSSR count). The first-order valence-corrected chi connectivity index (χ1v) is 8.28. The van der Waals surface area contributed by atoms with Crippen LogP contribution in [-0.2, 0) is 11.3 Å². The van der Waals surface area contributed by atoms with Crippen molar-refractivity contribution in [2.75, 3.05) is 0 Å². The highest BCUT2D eigenvalue weighted by atomic mass is 16.5. The second-order valence-electron chi connectivity index (χ2n) is 5.91. The van der Waals surface area contributed by atoms with Gasteiger partial charge in [-0.05, 0) is 44.5 Å². The van der Waals surface area contributed by atoms with Crippen LogP contribution in [0.5, 0.6) is 0 Å². The summed E-state index contributed by atoms with van der Waals surface area (Å²) in [4.78, 5) is 28.9. The van der Waals surface area contributed by atoms with Crippen LogP contribution < -0.4 is 5.56 Å². The molecule has 0 N–H and O–H groups in total. The minimum Gasteiger partial charge on any atom is -0.454 e. The molecule has 0 saturated carbocycles. The topological polar surface area (TPSA) is 61.2 Å². The Morgan fingerprint density at radius 2 is 1.92 bits per heavy atom. The standard InChI is InChI=1S/C20H20N2O3/c1-4-22-18-11-10-16(12-17(18)21-13(2)19(22)23)20(24)25-14(3)15-8-6-5-7-9-15/h5-12,14H,4H2,1-3H3/t14-/m0/s1. The van der Waals surface area contributed by atoms with Gasteiger partial charge in [-0.15, -0.1) is 0 Å². The molecule has 0 bridgehead atoms. The number of benzene rings is 2. The van der Waals surface area contributed by atoms with Crippen LogP contribution in [0.4, 0.5) is 0 Å². The number of carbonyl (C=O) groups excluding carboxylic acids is 1. The van der Waals surface area contributed by atoms with E-state index in [2.05, 4.69) is 4.98 Å². The number of rotatable bonds is 4. The lowest BCUT2D eigenvalue weighted by Gasteiger charge is -2.14. The zero-order valence-corrected chi connectivity index (χ0v) is 14.5. The van der Waals surface area contributed by atoms with E-state index in [1.54, 1.807) is 29.7 Å². The van der Waals surface area contributed by atoms with Crippen molar-refractivity contribution < 1.29 is 9.53 Å². The zero-order valence-electron chi connectivity index (χ0n) is 14.5. The van der Waals surface area contributed by atoms with Gasteiger partial charge in [-0.25, -0.2) is 9.78 Å². The van der Waals surface area contributed by atoms with Gasteiger partial charge in [0, 0.05) is 6.54 Å². The molecule has 0 aliphatic heterocycles. The quantitative estimate of drug-likeness (QED) is 0.682. The molecule has 0 unspecified atom stereocenters. The molecule has 3 aromatic rings. The van der Waals surface area contributed by atoms with E-state index in [-0.39, 0.29) is 11.7 Å². The summed E-state index contributed by atoms with van der Waals surface area (Å²) >= 11 is 0. The van der Waals surface area contributed by atoms with Crippen LogP contribution in [0.2, 0.25) is 0 Å². The first-order valence-electron chi connectivity index (χ1n) is 8.28. The third kappa shape index (κ3) is 3.31. The van der Waals surface area contributed by atoms with Crippen LogP contribution in [0.1, 0.15) is 41.6 Å². The number of ether oxygens (including phenoxy) is 1. The minimum atomic E-state index is -0.410. The number of hydrogen-bond acceptors (Lipinski definition) is 4. The molecule has 0 radical (unpaired) electrons. The van der Waals surface area contributed by atoms with Crippen LogP contribution in [-0.4, -0.2) is 15.5 Å². The highest BCUT2D eigenvalue weighted by molar-refractivity contribution is 5.93. The summed E-state index contributed by atoms with van der Waals surface area (Å²) in [6.07, 6.45) is -0.344. The number of aryl methyl sites for hydroxylation is 2. The maximum Gasteiger partial charge on any atom is 0.338 e. The van der Waals surface area contributed by atoms with Crippen molar-refractivity contribution in [1.82, 2.24) is 9.55 Å². The second-order valence-corrected chi connectivity index (χ2v) is 5.91. The first-order chi connectivity index (χ1) is 12.0. The van der Waals surface area contributed by atoms with Crippen LogP contribution in [0.25, 0.3) is 11.0 Å². The largest absolute Gasteiger partial charge is 0.454 e. The fourth-order valence-electron chi connectivity index (χ4n) is 2.84. The van der Waals surface area contributed by atoms with Crippen molar-refractivity contribution in [1.29, 1.82) is 0 Å². The fraction of sp³-hybridized carbons (Fsp3) is 0.250. The van der Waals surface area contributed by atoms with Crippen molar-refractivity contribution in [2.45, 2.75) is 33.4 Å². The molecular formula is C20H20N2O3. The van der Waals surface area contributed by atoms with E-state index in [9.17, 15) is 9.59 Å². The molecule has 0 aliphatic rings. The lowest BCUT2D eigenvalue weighted by atomic mass is 10.1. The summed E-state index contributed by atoms with van der Waals surface area (Å²) < 4.78 is 7.20. The van der Waals surface area contributed by atoms with Gasteiger partial charge in [-0.2, -0.15) is 0 Å². The summed E-state index contributed by atoms with van der Waals surface area (Å²) in [5, 5.41) is 0. The number of fused-ring (bicyclic) bond motifs is 1. The van der Waals surface area contributed by atoms with Gasteiger partial charge in [0.1, 0.15) is 11.8 Å². The lowest BCUT2D eigenvalue weighted by molar-refractivity contribution is 0.0338. The molecule has 0 fully saturated rings. The predicted molar refractivity (Wildman–Crippen MR) is 96.7 cm³/mol. The van der Waals surface area contributed by atoms with Gasteiger partial charge < -0.3 is 9.30 Å². The highest BCUT2D eigenvalue weighted by Gasteiger charge is 2.15. The monoisotopic (exact) mass is 336 g/mol. The number of carbonyl (C=O) groups is 1. The van der Waals surface area contributed by atoms with Crippen LogP contribution in [0.15, 0.2) is 53.3 Å². The molecule has 0 spiro atoms. The maximum atomic E-state index is 12.5. The van der Waals surface area contributed by atoms with E-state index in [1.807, 2.05) is 44.2 Å². The highest BCUT2D eigenvalue weighted by Crippen LogP contribution is 2.20. The molecule has 2 aromatic carbocycles. The number of esters is 1. The Morgan fingerprint density at radius 1 is 1.20 bits per heavy atom. The van der Waals surface area contributed by atoms with Gasteiger partial charge in [-0.1, -0.05) is 30.3 Å². The molecule has 1 atom stereocenters. The summed E-state index contributed by atoms with van der Waals surface area (Å²) in [6.45, 7) is 5.97. The Bertz CT molecular complexity index is 977. The average Bonchev–Trinajstić information content (AvgIpc) is 2.63. The molecule has 0 amide bonds. The van der Waals surface area contributed by atoms with Gasteiger partial charge in [-0.3, -0.25) is 4.79 Å². The lowest BCUT2D eigenvalue weighted by Crippen LogP contribution is -2.23. The predicted octanol–water partition coefficient (Wildman–Crippen LogP) is 3.64. The van der Waals surface area contributed by atoms with E-state index in [0.29, 0.717) is 28.8 Å². The Hall–Kier alpha value is -2.95. The molecule has 25 heavy (non-hydrogen) atoms. The Morgan fingerprint density at radius 3 is 2.60 bits per heavy atom. The van der Waals surface area contributed by atoms with Crippen molar-refractivity contribution in [3.05, 3.63) is 75.7 Å². The molecule has 0 aliphatic carbocycles. The Kier molecular flexibility index (Phi) is 4.65. The SMILES string of the molecule is CCn1c(=O)c(C)nc2cc(C(=O)O[C@@H](C)c3ccccc3)ccc21. The van der Waals surface area contributed by atoms with Crippen molar-refractivity contribution in [3.63, 3.8) is 0 Å². The van der Waals surface area contributed by atoms with E-state index in [4.69, 9.17) is 4.74 Å². The number of hydrogen-bond donors (Lipinski definition) is 0. The van der Waals surface area contributed by atoms with Crippen LogP contribution in [0.3, 0.4) is 0 Å². The number of nitrogens with zero attached hydrogens (tertiary/aromatic N) is 2. The van der Waals surface area contributed by atoms with Crippen molar-refractivity contribution in [3.8, 4) is 0 Å². The van der Waals surface area contributed by atoms with E-state index in [1.165, 1.54) is 0 Å². The Balaban J connectivity index is 1.92. The molecule has 128 valence electrons. The summed E-state index contributed by atoms with van der Waals surface area (Å²) in [7, 11) is 0.